The number of benzene rings is 1. The lowest BCUT2D eigenvalue weighted by molar-refractivity contribution is -0.142. The summed E-state index contributed by atoms with van der Waals surface area (Å²) in [6.45, 7) is 5.79. The summed E-state index contributed by atoms with van der Waals surface area (Å²) in [4.78, 5) is 22.9. The molecule has 0 saturated carbocycles. The van der Waals surface area contributed by atoms with Crippen molar-refractivity contribution in [3.05, 3.63) is 29.3 Å². The molecular weight excluding hydrogens is 302 g/mol. The predicted octanol–water partition coefficient (Wildman–Crippen LogP) is 2.39. The van der Waals surface area contributed by atoms with Crippen LogP contribution in [0.3, 0.4) is 0 Å². The van der Waals surface area contributed by atoms with Crippen LogP contribution in [0, 0.1) is 13.8 Å². The van der Waals surface area contributed by atoms with E-state index in [0.717, 1.165) is 16.9 Å². The summed E-state index contributed by atoms with van der Waals surface area (Å²) in [5.41, 5.74) is 2.23. The van der Waals surface area contributed by atoms with Gasteiger partial charge in [-0.1, -0.05) is 13.0 Å². The van der Waals surface area contributed by atoms with Crippen molar-refractivity contribution in [1.29, 1.82) is 0 Å². The Labute approximate surface area is 135 Å². The summed E-state index contributed by atoms with van der Waals surface area (Å²) in [5, 5.41) is 11.6. The van der Waals surface area contributed by atoms with Gasteiger partial charge in [-0.05, 0) is 55.0 Å². The third kappa shape index (κ3) is 6.39. The molecule has 0 heterocycles. The van der Waals surface area contributed by atoms with E-state index in [2.05, 4.69) is 5.32 Å². The molecule has 22 heavy (non-hydrogen) atoms. The van der Waals surface area contributed by atoms with Gasteiger partial charge in [0.2, 0.25) is 0 Å². The van der Waals surface area contributed by atoms with Gasteiger partial charge >= 0.3 is 5.97 Å². The van der Waals surface area contributed by atoms with Crippen LogP contribution in [0.5, 0.6) is 5.75 Å². The van der Waals surface area contributed by atoms with E-state index in [9.17, 15) is 9.59 Å². The zero-order valence-corrected chi connectivity index (χ0v) is 14.0. The first-order valence-electron chi connectivity index (χ1n) is 7.24. The molecule has 5 nitrogen and oxygen atoms in total. The highest BCUT2D eigenvalue weighted by atomic mass is 32.2. The maximum Gasteiger partial charge on any atom is 0.326 e. The van der Waals surface area contributed by atoms with Crippen molar-refractivity contribution in [2.75, 3.05) is 18.1 Å². The Morgan fingerprint density at radius 2 is 2.05 bits per heavy atom. The number of carbonyl (C=O) groups is 2. The largest absolute Gasteiger partial charge is 0.484 e. The van der Waals surface area contributed by atoms with E-state index in [0.29, 0.717) is 17.9 Å². The molecule has 0 radical (unpaired) electrons. The lowest BCUT2D eigenvalue weighted by Gasteiger charge is -2.14. The Bertz CT molecular complexity index is 519. The molecule has 1 aromatic carbocycles. The fourth-order valence-electron chi connectivity index (χ4n) is 1.79. The number of carboxylic acids is 1. The van der Waals surface area contributed by atoms with Gasteiger partial charge in [0.1, 0.15) is 11.8 Å². The number of ether oxygens (including phenoxy) is 1. The zero-order chi connectivity index (χ0) is 16.5. The van der Waals surface area contributed by atoms with Crippen LogP contribution < -0.4 is 10.1 Å². The Hall–Kier alpha value is -1.69. The first-order valence-corrected chi connectivity index (χ1v) is 8.39. The molecule has 0 saturated heterocycles. The van der Waals surface area contributed by atoms with Gasteiger partial charge in [0.15, 0.2) is 6.61 Å². The molecule has 122 valence electrons. The number of carboxylic acid groups (broad SMARTS) is 1. The van der Waals surface area contributed by atoms with Crippen molar-refractivity contribution in [3.63, 3.8) is 0 Å². The normalized spacial score (nSPS) is 11.8. The Balaban J connectivity index is 2.45. The van der Waals surface area contributed by atoms with Crippen molar-refractivity contribution in [2.24, 2.45) is 0 Å². The molecule has 1 aromatic rings. The summed E-state index contributed by atoms with van der Waals surface area (Å²) in [6, 6.07) is 4.71. The van der Waals surface area contributed by atoms with Crippen LogP contribution >= 0.6 is 11.8 Å². The number of thioether (sulfide) groups is 1. The number of carbonyl (C=O) groups excluding carboxylic acids is 1. The molecule has 0 aliphatic heterocycles. The first kappa shape index (κ1) is 18.4. The van der Waals surface area contributed by atoms with E-state index in [1.54, 1.807) is 17.8 Å². The molecule has 0 fully saturated rings. The SMILES string of the molecule is CCSCCC(NC(=O)COc1ccc(C)c(C)c1)C(=O)O. The first-order chi connectivity index (χ1) is 10.4. The monoisotopic (exact) mass is 325 g/mol. The third-order valence-electron chi connectivity index (χ3n) is 3.24. The van der Waals surface area contributed by atoms with Crippen molar-refractivity contribution in [1.82, 2.24) is 5.32 Å². The number of nitrogens with one attached hydrogen (secondary N) is 1. The molecule has 1 rings (SSSR count). The predicted molar refractivity (Wildman–Crippen MR) is 88.6 cm³/mol. The highest BCUT2D eigenvalue weighted by Crippen LogP contribution is 2.16. The Morgan fingerprint density at radius 1 is 1.32 bits per heavy atom. The summed E-state index contributed by atoms with van der Waals surface area (Å²) in [5.74, 6) is 0.789. The van der Waals surface area contributed by atoms with Crippen LogP contribution in [-0.4, -0.2) is 41.1 Å². The van der Waals surface area contributed by atoms with E-state index in [1.807, 2.05) is 32.9 Å². The maximum absolute atomic E-state index is 11.8. The van der Waals surface area contributed by atoms with Crippen LogP contribution in [0.25, 0.3) is 0 Å². The summed E-state index contributed by atoms with van der Waals surface area (Å²) < 4.78 is 5.40. The quantitative estimate of drug-likeness (QED) is 0.682. The molecular formula is C16H23NO4S. The molecule has 1 amide bonds. The van der Waals surface area contributed by atoms with Crippen molar-refractivity contribution < 1.29 is 19.4 Å². The van der Waals surface area contributed by atoms with Crippen LogP contribution in [0.15, 0.2) is 18.2 Å². The maximum atomic E-state index is 11.8. The van der Waals surface area contributed by atoms with E-state index >= 15 is 0 Å². The zero-order valence-electron chi connectivity index (χ0n) is 13.2. The van der Waals surface area contributed by atoms with Gasteiger partial charge in [0.05, 0.1) is 0 Å². The van der Waals surface area contributed by atoms with Crippen LogP contribution in [0.1, 0.15) is 24.5 Å². The van der Waals surface area contributed by atoms with Gasteiger partial charge in [0.25, 0.3) is 5.91 Å². The topological polar surface area (TPSA) is 75.6 Å². The number of hydrogen-bond donors (Lipinski definition) is 2. The summed E-state index contributed by atoms with van der Waals surface area (Å²) in [6.07, 6.45) is 0.406. The van der Waals surface area contributed by atoms with E-state index in [-0.39, 0.29) is 6.61 Å². The average molecular weight is 325 g/mol. The molecule has 1 unspecified atom stereocenters. The lowest BCUT2D eigenvalue weighted by Crippen LogP contribution is -2.43. The van der Waals surface area contributed by atoms with Crippen molar-refractivity contribution >= 4 is 23.6 Å². The molecule has 0 aliphatic carbocycles. The second-order valence-electron chi connectivity index (χ2n) is 4.98. The molecule has 0 aromatic heterocycles. The van der Waals surface area contributed by atoms with Gasteiger partial charge in [-0.3, -0.25) is 4.79 Å². The van der Waals surface area contributed by atoms with Gasteiger partial charge in [0, 0.05) is 0 Å². The molecule has 0 aliphatic rings. The second-order valence-corrected chi connectivity index (χ2v) is 6.37. The number of aliphatic carboxylic acids is 1. The van der Waals surface area contributed by atoms with Crippen molar-refractivity contribution in [3.8, 4) is 5.75 Å². The highest BCUT2D eigenvalue weighted by Gasteiger charge is 2.19. The van der Waals surface area contributed by atoms with E-state index < -0.39 is 17.9 Å². The third-order valence-corrected chi connectivity index (χ3v) is 4.17. The standard InChI is InChI=1S/C16H23NO4S/c1-4-22-8-7-14(16(19)20)17-15(18)10-21-13-6-5-11(2)12(3)9-13/h5-6,9,14H,4,7-8,10H2,1-3H3,(H,17,18)(H,19,20). The van der Waals surface area contributed by atoms with Gasteiger partial charge < -0.3 is 15.2 Å². The average Bonchev–Trinajstić information content (AvgIpc) is 2.47. The lowest BCUT2D eigenvalue weighted by atomic mass is 10.1. The van der Waals surface area contributed by atoms with Crippen molar-refractivity contribution in [2.45, 2.75) is 33.2 Å². The smallest absolute Gasteiger partial charge is 0.326 e. The number of hydrogen-bond acceptors (Lipinski definition) is 4. The number of aryl methyl sites for hydroxylation is 2. The molecule has 0 spiro atoms. The Kier molecular flexibility index (Phi) is 7.80. The fourth-order valence-corrected chi connectivity index (χ4v) is 2.48. The molecule has 2 N–H and O–H groups in total. The molecule has 0 bridgehead atoms. The van der Waals surface area contributed by atoms with Crippen LogP contribution in [0.4, 0.5) is 0 Å². The second kappa shape index (κ2) is 9.35. The summed E-state index contributed by atoms with van der Waals surface area (Å²) >= 11 is 1.65. The number of amides is 1. The minimum atomic E-state index is -1.02. The van der Waals surface area contributed by atoms with E-state index in [1.165, 1.54) is 0 Å². The highest BCUT2D eigenvalue weighted by molar-refractivity contribution is 7.99. The minimum absolute atomic E-state index is 0.187. The summed E-state index contributed by atoms with van der Waals surface area (Å²) in [7, 11) is 0. The van der Waals surface area contributed by atoms with Gasteiger partial charge in [-0.15, -0.1) is 0 Å². The Morgan fingerprint density at radius 3 is 2.64 bits per heavy atom. The molecule has 6 heteroatoms. The van der Waals surface area contributed by atoms with Crippen LogP contribution in [-0.2, 0) is 9.59 Å². The van der Waals surface area contributed by atoms with Gasteiger partial charge in [-0.2, -0.15) is 11.8 Å². The van der Waals surface area contributed by atoms with Crippen LogP contribution in [0.2, 0.25) is 0 Å². The van der Waals surface area contributed by atoms with E-state index in [4.69, 9.17) is 9.84 Å². The number of rotatable bonds is 9. The van der Waals surface area contributed by atoms with Gasteiger partial charge in [-0.25, -0.2) is 4.79 Å². The fraction of sp³-hybridized carbons (Fsp3) is 0.500. The molecule has 1 atom stereocenters. The minimum Gasteiger partial charge on any atom is -0.484 e.